The number of hydrogen-bond acceptors (Lipinski definition) is 2. The maximum Gasteiger partial charge on any atom is 0.243 e. The standard InChI is InChI=1S/C28H29Cl2FN2O2/c1-3-19(2)32-28(35)26(15-20-7-5-4-6-8-20)33(18-21-9-13-24(31)14-10-21)27(34)16-22-11-12-23(29)17-25(22)30/h4-14,17,19,26H,3,15-16,18H2,1-2H3,(H,32,35)/t19-,26-/m1/s1. The molecule has 0 saturated carbocycles. The van der Waals surface area contributed by atoms with Crippen molar-refractivity contribution in [3.05, 3.63) is 105 Å². The first-order chi connectivity index (χ1) is 16.8. The van der Waals surface area contributed by atoms with Crippen molar-refractivity contribution < 1.29 is 14.0 Å². The molecule has 0 aromatic heterocycles. The van der Waals surface area contributed by atoms with Crippen molar-refractivity contribution in [1.82, 2.24) is 10.2 Å². The Morgan fingerprint density at radius 3 is 2.29 bits per heavy atom. The first-order valence-electron chi connectivity index (χ1n) is 11.6. The molecule has 2 atom stereocenters. The molecule has 1 N–H and O–H groups in total. The van der Waals surface area contributed by atoms with Gasteiger partial charge in [0, 0.05) is 29.1 Å². The second-order valence-electron chi connectivity index (χ2n) is 8.58. The zero-order chi connectivity index (χ0) is 25.4. The van der Waals surface area contributed by atoms with Crippen molar-refractivity contribution >= 4 is 35.0 Å². The van der Waals surface area contributed by atoms with Crippen LogP contribution in [-0.4, -0.2) is 28.8 Å². The molecular weight excluding hydrogens is 486 g/mol. The van der Waals surface area contributed by atoms with Crippen LogP contribution in [0.3, 0.4) is 0 Å². The number of benzene rings is 3. The summed E-state index contributed by atoms with van der Waals surface area (Å²) in [5, 5.41) is 3.89. The lowest BCUT2D eigenvalue weighted by Crippen LogP contribution is -2.52. The van der Waals surface area contributed by atoms with Gasteiger partial charge in [0.1, 0.15) is 11.9 Å². The van der Waals surface area contributed by atoms with E-state index in [1.165, 1.54) is 12.1 Å². The summed E-state index contributed by atoms with van der Waals surface area (Å²) in [5.74, 6) is -0.866. The van der Waals surface area contributed by atoms with Gasteiger partial charge >= 0.3 is 0 Å². The molecule has 0 unspecified atom stereocenters. The Hall–Kier alpha value is -2.89. The summed E-state index contributed by atoms with van der Waals surface area (Å²) in [6.07, 6.45) is 1.10. The van der Waals surface area contributed by atoms with Crippen LogP contribution in [0.25, 0.3) is 0 Å². The molecule has 2 amide bonds. The molecule has 184 valence electrons. The lowest BCUT2D eigenvalue weighted by atomic mass is 10.0. The first-order valence-corrected chi connectivity index (χ1v) is 12.3. The number of hydrogen-bond donors (Lipinski definition) is 1. The Morgan fingerprint density at radius 1 is 0.971 bits per heavy atom. The summed E-state index contributed by atoms with van der Waals surface area (Å²) in [5.41, 5.74) is 2.26. The molecule has 0 saturated heterocycles. The number of halogens is 3. The molecule has 7 heteroatoms. The monoisotopic (exact) mass is 514 g/mol. The van der Waals surface area contributed by atoms with Gasteiger partial charge in [0.2, 0.25) is 11.8 Å². The highest BCUT2D eigenvalue weighted by Gasteiger charge is 2.31. The SMILES string of the molecule is CC[C@@H](C)NC(=O)[C@@H](Cc1ccccc1)N(Cc1ccc(F)cc1)C(=O)Cc1ccc(Cl)cc1Cl. The van der Waals surface area contributed by atoms with E-state index in [1.54, 1.807) is 35.2 Å². The van der Waals surface area contributed by atoms with Crippen LogP contribution in [0.2, 0.25) is 10.0 Å². The van der Waals surface area contributed by atoms with E-state index in [0.29, 0.717) is 22.0 Å². The van der Waals surface area contributed by atoms with E-state index in [1.807, 2.05) is 44.2 Å². The normalized spacial score (nSPS) is 12.6. The molecular formula is C28H29Cl2FN2O2. The average Bonchev–Trinajstić information content (AvgIpc) is 2.84. The van der Waals surface area contributed by atoms with Gasteiger partial charge in [0.05, 0.1) is 6.42 Å². The summed E-state index contributed by atoms with van der Waals surface area (Å²) in [4.78, 5) is 28.7. The van der Waals surface area contributed by atoms with Gasteiger partial charge in [-0.3, -0.25) is 9.59 Å². The van der Waals surface area contributed by atoms with Crippen molar-refractivity contribution in [2.75, 3.05) is 0 Å². The molecule has 0 aliphatic carbocycles. The summed E-state index contributed by atoms with van der Waals surface area (Å²) in [6.45, 7) is 4.06. The Labute approximate surface area is 216 Å². The highest BCUT2D eigenvalue weighted by molar-refractivity contribution is 6.35. The van der Waals surface area contributed by atoms with Crippen LogP contribution in [0.4, 0.5) is 4.39 Å². The Balaban J connectivity index is 1.98. The third-order valence-electron chi connectivity index (χ3n) is 5.90. The van der Waals surface area contributed by atoms with E-state index in [-0.39, 0.29) is 36.6 Å². The number of nitrogens with zero attached hydrogens (tertiary/aromatic N) is 1. The maximum absolute atomic E-state index is 13.7. The summed E-state index contributed by atoms with van der Waals surface area (Å²) in [6, 6.07) is 19.7. The lowest BCUT2D eigenvalue weighted by Gasteiger charge is -2.32. The van der Waals surface area contributed by atoms with Gasteiger partial charge in [0.15, 0.2) is 0 Å². The van der Waals surface area contributed by atoms with Gasteiger partial charge in [-0.05, 0) is 54.3 Å². The number of nitrogens with one attached hydrogen (secondary N) is 1. The summed E-state index contributed by atoms with van der Waals surface area (Å²) >= 11 is 12.4. The second-order valence-corrected chi connectivity index (χ2v) is 9.43. The fourth-order valence-corrected chi connectivity index (χ4v) is 4.19. The van der Waals surface area contributed by atoms with Gasteiger partial charge in [-0.15, -0.1) is 0 Å². The van der Waals surface area contributed by atoms with Crippen molar-refractivity contribution in [3.63, 3.8) is 0 Å². The fraction of sp³-hybridized carbons (Fsp3) is 0.286. The molecule has 4 nitrogen and oxygen atoms in total. The third-order valence-corrected chi connectivity index (χ3v) is 6.48. The largest absolute Gasteiger partial charge is 0.352 e. The lowest BCUT2D eigenvalue weighted by molar-refractivity contribution is -0.141. The van der Waals surface area contributed by atoms with Crippen LogP contribution in [0.5, 0.6) is 0 Å². The van der Waals surface area contributed by atoms with Crippen molar-refractivity contribution in [2.45, 2.75) is 51.7 Å². The van der Waals surface area contributed by atoms with Crippen molar-refractivity contribution in [3.8, 4) is 0 Å². The molecule has 0 radical (unpaired) electrons. The summed E-state index contributed by atoms with van der Waals surface area (Å²) < 4.78 is 13.5. The van der Waals surface area contributed by atoms with Crippen LogP contribution in [0, 0.1) is 5.82 Å². The molecule has 0 heterocycles. The van der Waals surface area contributed by atoms with E-state index < -0.39 is 6.04 Å². The van der Waals surface area contributed by atoms with Crippen molar-refractivity contribution in [2.24, 2.45) is 0 Å². The van der Waals surface area contributed by atoms with Gasteiger partial charge < -0.3 is 10.2 Å². The zero-order valence-electron chi connectivity index (χ0n) is 19.8. The van der Waals surface area contributed by atoms with Crippen LogP contribution in [-0.2, 0) is 29.0 Å². The van der Waals surface area contributed by atoms with Crippen LogP contribution >= 0.6 is 23.2 Å². The molecule has 0 aliphatic heterocycles. The molecule has 0 bridgehead atoms. The molecule has 3 aromatic carbocycles. The minimum Gasteiger partial charge on any atom is -0.352 e. The number of carbonyl (C=O) groups is 2. The molecule has 3 aromatic rings. The number of carbonyl (C=O) groups excluding carboxylic acids is 2. The Kier molecular flexibility index (Phi) is 9.70. The predicted molar refractivity (Wildman–Crippen MR) is 139 cm³/mol. The maximum atomic E-state index is 13.7. The third kappa shape index (κ3) is 7.81. The fourth-order valence-electron chi connectivity index (χ4n) is 3.71. The molecule has 0 aliphatic rings. The van der Waals surface area contributed by atoms with E-state index in [4.69, 9.17) is 23.2 Å². The molecule has 0 fully saturated rings. The minimum atomic E-state index is -0.768. The number of rotatable bonds is 10. The van der Waals surface area contributed by atoms with Crippen LogP contribution in [0.1, 0.15) is 37.0 Å². The molecule has 3 rings (SSSR count). The van der Waals surface area contributed by atoms with Gasteiger partial charge in [-0.2, -0.15) is 0 Å². The van der Waals surface area contributed by atoms with E-state index in [9.17, 15) is 14.0 Å². The highest BCUT2D eigenvalue weighted by atomic mass is 35.5. The molecule has 0 spiro atoms. The first kappa shape index (κ1) is 26.7. The summed E-state index contributed by atoms with van der Waals surface area (Å²) in [7, 11) is 0. The van der Waals surface area contributed by atoms with E-state index in [0.717, 1.165) is 17.5 Å². The Bertz CT molecular complexity index is 1140. The average molecular weight is 515 g/mol. The minimum absolute atomic E-state index is 0.000895. The van der Waals surface area contributed by atoms with Crippen LogP contribution < -0.4 is 5.32 Å². The smallest absolute Gasteiger partial charge is 0.243 e. The van der Waals surface area contributed by atoms with Gasteiger partial charge in [-0.25, -0.2) is 4.39 Å². The zero-order valence-corrected chi connectivity index (χ0v) is 21.3. The van der Waals surface area contributed by atoms with E-state index >= 15 is 0 Å². The quantitative estimate of drug-likeness (QED) is 0.348. The van der Waals surface area contributed by atoms with E-state index in [2.05, 4.69) is 5.32 Å². The Morgan fingerprint density at radius 2 is 1.66 bits per heavy atom. The topological polar surface area (TPSA) is 49.4 Å². The number of amides is 2. The second kappa shape index (κ2) is 12.7. The van der Waals surface area contributed by atoms with Gasteiger partial charge in [0.25, 0.3) is 0 Å². The highest BCUT2D eigenvalue weighted by Crippen LogP contribution is 2.23. The predicted octanol–water partition coefficient (Wildman–Crippen LogP) is 6.23. The molecule has 35 heavy (non-hydrogen) atoms. The van der Waals surface area contributed by atoms with Gasteiger partial charge in [-0.1, -0.05) is 78.7 Å². The van der Waals surface area contributed by atoms with Crippen molar-refractivity contribution in [1.29, 1.82) is 0 Å². The van der Waals surface area contributed by atoms with Crippen LogP contribution in [0.15, 0.2) is 72.8 Å².